The second-order valence-corrected chi connectivity index (χ2v) is 10.1. The minimum Gasteiger partial charge on any atom is -0.310 e. The molecule has 0 aliphatic carbocycles. The fraction of sp³-hybridized carbons (Fsp3) is 0.200. The van der Waals surface area contributed by atoms with Gasteiger partial charge in [-0.05, 0) is 71.0 Å². The van der Waals surface area contributed by atoms with E-state index in [0.29, 0.717) is 5.82 Å². The van der Waals surface area contributed by atoms with Gasteiger partial charge in [-0.25, -0.2) is 9.97 Å². The van der Waals surface area contributed by atoms with Crippen LogP contribution in [-0.2, 0) is 16.6 Å². The number of amides is 1. The molecule has 0 aliphatic rings. The fourth-order valence-electron chi connectivity index (χ4n) is 4.25. The first kappa shape index (κ1) is 23.4. The summed E-state index contributed by atoms with van der Waals surface area (Å²) in [6.45, 7) is 8.40. The molecule has 0 saturated heterocycles. The van der Waals surface area contributed by atoms with Crippen LogP contribution in [0.15, 0.2) is 85.5 Å². The Labute approximate surface area is 211 Å². The largest absolute Gasteiger partial charge is 0.310 e. The van der Waals surface area contributed by atoms with Crippen LogP contribution in [0.1, 0.15) is 37.6 Å². The molecule has 0 fully saturated rings. The molecule has 0 radical (unpaired) electrons. The summed E-state index contributed by atoms with van der Waals surface area (Å²) in [6, 6.07) is 20.2. The van der Waals surface area contributed by atoms with Gasteiger partial charge in [-0.2, -0.15) is 0 Å². The molecule has 0 aliphatic heterocycles. The average Bonchev–Trinajstić information content (AvgIpc) is 3.27. The highest BCUT2D eigenvalue weighted by molar-refractivity contribution is 5.91. The number of benzene rings is 1. The zero-order valence-electron chi connectivity index (χ0n) is 21.0. The summed E-state index contributed by atoms with van der Waals surface area (Å²) in [5.74, 6) is 0.512. The molecule has 1 amide bonds. The molecule has 0 saturated carbocycles. The van der Waals surface area contributed by atoms with Crippen LogP contribution in [0.3, 0.4) is 0 Å². The SMILES string of the molecule is Cc1cc(C(C)(C)C)cc(NC(=O)Cc2ccc(-c3cnc4cc(-c5ccncc5)ccn34)cc2)n1. The summed E-state index contributed by atoms with van der Waals surface area (Å²) in [5.41, 5.74) is 8.09. The molecule has 1 aromatic carbocycles. The monoisotopic (exact) mass is 475 g/mol. The number of hydrogen-bond donors (Lipinski definition) is 1. The lowest BCUT2D eigenvalue weighted by molar-refractivity contribution is -0.115. The van der Waals surface area contributed by atoms with E-state index < -0.39 is 0 Å². The van der Waals surface area contributed by atoms with Crippen molar-refractivity contribution in [3.63, 3.8) is 0 Å². The Bertz CT molecular complexity index is 1530. The maximum absolute atomic E-state index is 12.7. The molecular formula is C30H29N5O. The number of carbonyl (C=O) groups excluding carboxylic acids is 1. The zero-order chi connectivity index (χ0) is 25.3. The van der Waals surface area contributed by atoms with E-state index in [0.717, 1.165) is 44.9 Å². The second kappa shape index (κ2) is 9.38. The first-order valence-corrected chi connectivity index (χ1v) is 12.0. The summed E-state index contributed by atoms with van der Waals surface area (Å²) in [4.78, 5) is 25.9. The lowest BCUT2D eigenvalue weighted by Crippen LogP contribution is -2.18. The van der Waals surface area contributed by atoms with Crippen molar-refractivity contribution in [1.29, 1.82) is 0 Å². The summed E-state index contributed by atoms with van der Waals surface area (Å²) < 4.78 is 2.07. The minimum atomic E-state index is -0.0841. The van der Waals surface area contributed by atoms with Gasteiger partial charge in [0, 0.05) is 29.8 Å². The van der Waals surface area contributed by atoms with E-state index in [4.69, 9.17) is 0 Å². The number of carbonyl (C=O) groups is 1. The van der Waals surface area contributed by atoms with Gasteiger partial charge in [0.2, 0.25) is 5.91 Å². The number of fused-ring (bicyclic) bond motifs is 1. The molecule has 1 N–H and O–H groups in total. The van der Waals surface area contributed by atoms with E-state index in [9.17, 15) is 4.79 Å². The number of aromatic nitrogens is 4. The van der Waals surface area contributed by atoms with Gasteiger partial charge in [-0.1, -0.05) is 45.0 Å². The maximum Gasteiger partial charge on any atom is 0.229 e. The topological polar surface area (TPSA) is 72.2 Å². The smallest absolute Gasteiger partial charge is 0.229 e. The third-order valence-corrected chi connectivity index (χ3v) is 6.23. The predicted molar refractivity (Wildman–Crippen MR) is 144 cm³/mol. The highest BCUT2D eigenvalue weighted by Gasteiger charge is 2.16. The Morgan fingerprint density at radius 1 is 0.917 bits per heavy atom. The van der Waals surface area contributed by atoms with Crippen LogP contribution in [0.25, 0.3) is 28.0 Å². The summed E-state index contributed by atoms with van der Waals surface area (Å²) in [6.07, 6.45) is 7.78. The lowest BCUT2D eigenvalue weighted by atomic mass is 9.87. The lowest BCUT2D eigenvalue weighted by Gasteiger charge is -2.20. The highest BCUT2D eigenvalue weighted by atomic mass is 16.1. The van der Waals surface area contributed by atoms with E-state index in [2.05, 4.69) is 63.6 Å². The van der Waals surface area contributed by atoms with Crippen molar-refractivity contribution in [2.24, 2.45) is 0 Å². The van der Waals surface area contributed by atoms with Gasteiger partial charge in [0.15, 0.2) is 0 Å². The van der Waals surface area contributed by atoms with E-state index >= 15 is 0 Å². The van der Waals surface area contributed by atoms with Gasteiger partial charge in [0.1, 0.15) is 11.5 Å². The van der Waals surface area contributed by atoms with Crippen LogP contribution in [0.4, 0.5) is 5.82 Å². The molecule has 6 nitrogen and oxygen atoms in total. The predicted octanol–water partition coefficient (Wildman–Crippen LogP) is 6.25. The van der Waals surface area contributed by atoms with Gasteiger partial charge >= 0.3 is 0 Å². The van der Waals surface area contributed by atoms with Crippen LogP contribution < -0.4 is 5.32 Å². The average molecular weight is 476 g/mol. The van der Waals surface area contributed by atoms with Crippen molar-refractivity contribution >= 4 is 17.4 Å². The van der Waals surface area contributed by atoms with E-state index in [1.54, 1.807) is 12.4 Å². The van der Waals surface area contributed by atoms with Gasteiger partial charge in [0.25, 0.3) is 0 Å². The molecule has 0 atom stereocenters. The van der Waals surface area contributed by atoms with Crippen molar-refractivity contribution in [2.45, 2.75) is 39.5 Å². The Morgan fingerprint density at radius 3 is 2.39 bits per heavy atom. The van der Waals surface area contributed by atoms with Gasteiger partial charge in [-0.15, -0.1) is 0 Å². The van der Waals surface area contributed by atoms with Gasteiger partial charge in [0.05, 0.1) is 18.3 Å². The van der Waals surface area contributed by atoms with Crippen molar-refractivity contribution in [3.05, 3.63) is 102 Å². The van der Waals surface area contributed by atoms with Crippen LogP contribution in [0, 0.1) is 6.92 Å². The number of pyridine rings is 3. The van der Waals surface area contributed by atoms with Crippen LogP contribution in [0.2, 0.25) is 0 Å². The summed E-state index contributed by atoms with van der Waals surface area (Å²) in [5, 5.41) is 2.96. The maximum atomic E-state index is 12.7. The Kier molecular flexibility index (Phi) is 6.10. The number of hydrogen-bond acceptors (Lipinski definition) is 4. The zero-order valence-corrected chi connectivity index (χ0v) is 21.0. The van der Waals surface area contributed by atoms with Crippen molar-refractivity contribution in [3.8, 4) is 22.4 Å². The number of anilines is 1. The van der Waals surface area contributed by atoms with Gasteiger partial charge in [-0.3, -0.25) is 14.2 Å². The standard InChI is InChI=1S/C30H29N5O/c1-20-15-25(30(2,3)4)18-27(33-20)34-29(36)16-21-5-7-23(8-6-21)26-19-32-28-17-24(11-14-35(26)28)22-9-12-31-13-10-22/h5-15,17-19H,16H2,1-4H3,(H,33,34,36). The summed E-state index contributed by atoms with van der Waals surface area (Å²) in [7, 11) is 0. The molecule has 4 heterocycles. The van der Waals surface area contributed by atoms with Gasteiger partial charge < -0.3 is 5.32 Å². The fourth-order valence-corrected chi connectivity index (χ4v) is 4.25. The number of aryl methyl sites for hydroxylation is 1. The first-order chi connectivity index (χ1) is 17.3. The quantitative estimate of drug-likeness (QED) is 0.326. The molecule has 36 heavy (non-hydrogen) atoms. The molecule has 0 spiro atoms. The minimum absolute atomic E-state index is 0.0125. The van der Waals surface area contributed by atoms with Crippen LogP contribution in [-0.4, -0.2) is 25.3 Å². The number of nitrogens with zero attached hydrogens (tertiary/aromatic N) is 4. The summed E-state index contributed by atoms with van der Waals surface area (Å²) >= 11 is 0. The Morgan fingerprint density at radius 2 is 1.67 bits per heavy atom. The third kappa shape index (κ3) is 5.03. The van der Waals surface area contributed by atoms with Crippen LogP contribution in [0.5, 0.6) is 0 Å². The number of imidazole rings is 1. The molecule has 4 aromatic heterocycles. The van der Waals surface area contributed by atoms with Crippen molar-refractivity contribution < 1.29 is 4.79 Å². The van der Waals surface area contributed by atoms with Crippen molar-refractivity contribution in [1.82, 2.24) is 19.4 Å². The Balaban J connectivity index is 1.30. The molecule has 5 aromatic rings. The third-order valence-electron chi connectivity index (χ3n) is 6.23. The molecule has 0 bridgehead atoms. The first-order valence-electron chi connectivity index (χ1n) is 12.0. The van der Waals surface area contributed by atoms with E-state index in [1.165, 1.54) is 0 Å². The molecule has 5 rings (SSSR count). The molecular weight excluding hydrogens is 446 g/mol. The highest BCUT2D eigenvalue weighted by Crippen LogP contribution is 2.26. The normalized spacial score (nSPS) is 11.6. The number of nitrogens with one attached hydrogen (secondary N) is 1. The second-order valence-electron chi connectivity index (χ2n) is 10.1. The molecule has 0 unspecified atom stereocenters. The number of rotatable bonds is 5. The van der Waals surface area contributed by atoms with Crippen molar-refractivity contribution in [2.75, 3.05) is 5.32 Å². The van der Waals surface area contributed by atoms with E-state index in [1.807, 2.05) is 61.8 Å². The van der Waals surface area contributed by atoms with Crippen LogP contribution >= 0.6 is 0 Å². The Hall–Kier alpha value is -4.32. The molecule has 180 valence electrons. The molecule has 6 heteroatoms. The van der Waals surface area contributed by atoms with E-state index in [-0.39, 0.29) is 17.7 Å².